The van der Waals surface area contributed by atoms with Gasteiger partial charge in [0.15, 0.2) is 0 Å². The van der Waals surface area contributed by atoms with Crippen molar-refractivity contribution in [1.82, 2.24) is 5.32 Å². The fourth-order valence-electron chi connectivity index (χ4n) is 3.29. The van der Waals surface area contributed by atoms with E-state index in [0.29, 0.717) is 18.2 Å². The van der Waals surface area contributed by atoms with Crippen LogP contribution < -0.4 is 5.32 Å². The molecule has 2 unspecified atom stereocenters. The van der Waals surface area contributed by atoms with Crippen LogP contribution in [0.5, 0.6) is 0 Å². The van der Waals surface area contributed by atoms with E-state index in [1.54, 1.807) is 0 Å². The normalized spacial score (nSPS) is 34.9. The summed E-state index contributed by atoms with van der Waals surface area (Å²) in [5.74, 6) is 0.923. The maximum Gasteiger partial charge on any atom is 0.0561 e. The summed E-state index contributed by atoms with van der Waals surface area (Å²) in [6.07, 6.45) is 10.1. The molecule has 94 valence electrons. The Labute approximate surface area is 100 Å². The Morgan fingerprint density at radius 1 is 1.12 bits per heavy atom. The summed E-state index contributed by atoms with van der Waals surface area (Å²) >= 11 is 0. The molecule has 1 saturated carbocycles. The Morgan fingerprint density at radius 2 is 1.88 bits per heavy atom. The Balaban J connectivity index is 1.74. The topological polar surface area (TPSA) is 21.3 Å². The van der Waals surface area contributed by atoms with Crippen molar-refractivity contribution in [3.05, 3.63) is 0 Å². The first-order chi connectivity index (χ1) is 7.75. The molecule has 1 aliphatic heterocycles. The van der Waals surface area contributed by atoms with Crippen molar-refractivity contribution in [2.24, 2.45) is 5.92 Å². The predicted octanol–water partition coefficient (Wildman–Crippen LogP) is 3.11. The second-order valence-corrected chi connectivity index (χ2v) is 5.76. The molecule has 0 bridgehead atoms. The van der Waals surface area contributed by atoms with Gasteiger partial charge in [0.25, 0.3) is 0 Å². The highest BCUT2D eigenvalue weighted by Crippen LogP contribution is 2.27. The molecule has 0 aromatic heterocycles. The largest absolute Gasteiger partial charge is 0.378 e. The molecule has 16 heavy (non-hydrogen) atoms. The summed E-state index contributed by atoms with van der Waals surface area (Å²) in [4.78, 5) is 0. The van der Waals surface area contributed by atoms with Gasteiger partial charge in [0.1, 0.15) is 0 Å². The highest BCUT2D eigenvalue weighted by Gasteiger charge is 2.25. The summed E-state index contributed by atoms with van der Waals surface area (Å²) in [6, 6.07) is 1.40. The second kappa shape index (κ2) is 6.02. The van der Waals surface area contributed by atoms with Crippen molar-refractivity contribution in [3.63, 3.8) is 0 Å². The Morgan fingerprint density at radius 3 is 2.56 bits per heavy atom. The zero-order valence-electron chi connectivity index (χ0n) is 10.9. The highest BCUT2D eigenvalue weighted by molar-refractivity contribution is 4.82. The first kappa shape index (κ1) is 12.4. The summed E-state index contributed by atoms with van der Waals surface area (Å²) in [6.45, 7) is 5.52. The van der Waals surface area contributed by atoms with Gasteiger partial charge in [0, 0.05) is 18.7 Å². The number of hydrogen-bond donors (Lipinski definition) is 1. The zero-order chi connectivity index (χ0) is 11.4. The van der Waals surface area contributed by atoms with Crippen LogP contribution in [0.2, 0.25) is 0 Å². The number of hydrogen-bond acceptors (Lipinski definition) is 2. The molecule has 2 fully saturated rings. The molecule has 0 aromatic carbocycles. The lowest BCUT2D eigenvalue weighted by Crippen LogP contribution is -2.45. The molecule has 0 aromatic rings. The van der Waals surface area contributed by atoms with Crippen LogP contribution >= 0.6 is 0 Å². The fourth-order valence-corrected chi connectivity index (χ4v) is 3.29. The maximum absolute atomic E-state index is 5.60. The van der Waals surface area contributed by atoms with Gasteiger partial charge in [-0.3, -0.25) is 0 Å². The average Bonchev–Trinajstić information content (AvgIpc) is 2.30. The molecular weight excluding hydrogens is 198 g/mol. The van der Waals surface area contributed by atoms with E-state index in [9.17, 15) is 0 Å². The smallest absolute Gasteiger partial charge is 0.0561 e. The molecule has 2 rings (SSSR count). The van der Waals surface area contributed by atoms with Crippen molar-refractivity contribution in [1.29, 1.82) is 0 Å². The van der Waals surface area contributed by atoms with Gasteiger partial charge in [0.2, 0.25) is 0 Å². The maximum atomic E-state index is 5.60. The molecule has 0 amide bonds. The highest BCUT2D eigenvalue weighted by atomic mass is 16.5. The minimum atomic E-state index is 0.449. The first-order valence-corrected chi connectivity index (χ1v) is 7.13. The van der Waals surface area contributed by atoms with Gasteiger partial charge < -0.3 is 10.1 Å². The van der Waals surface area contributed by atoms with Crippen LogP contribution in [0.25, 0.3) is 0 Å². The van der Waals surface area contributed by atoms with Crippen LogP contribution in [0.4, 0.5) is 0 Å². The lowest BCUT2D eigenvalue weighted by Gasteiger charge is -2.35. The van der Waals surface area contributed by atoms with Crippen LogP contribution in [0.15, 0.2) is 0 Å². The quantitative estimate of drug-likeness (QED) is 0.797. The van der Waals surface area contributed by atoms with E-state index in [0.717, 1.165) is 12.5 Å². The van der Waals surface area contributed by atoms with Crippen LogP contribution in [0, 0.1) is 5.92 Å². The molecule has 0 spiro atoms. The van der Waals surface area contributed by atoms with Crippen molar-refractivity contribution in [2.45, 2.75) is 77.0 Å². The van der Waals surface area contributed by atoms with E-state index in [2.05, 4.69) is 19.2 Å². The first-order valence-electron chi connectivity index (χ1n) is 7.13. The van der Waals surface area contributed by atoms with Crippen LogP contribution in [0.3, 0.4) is 0 Å². The molecule has 2 aliphatic rings. The van der Waals surface area contributed by atoms with Crippen molar-refractivity contribution >= 4 is 0 Å². The summed E-state index contributed by atoms with van der Waals surface area (Å²) in [5, 5.41) is 3.84. The zero-order valence-corrected chi connectivity index (χ0v) is 10.9. The van der Waals surface area contributed by atoms with E-state index in [1.165, 1.54) is 44.9 Å². The van der Waals surface area contributed by atoms with E-state index in [4.69, 9.17) is 4.74 Å². The van der Waals surface area contributed by atoms with Gasteiger partial charge in [-0.05, 0) is 45.4 Å². The molecule has 2 nitrogen and oxygen atoms in total. The number of rotatable bonds is 3. The molecule has 0 radical (unpaired) electrons. The molecule has 1 N–H and O–H groups in total. The van der Waals surface area contributed by atoms with Crippen molar-refractivity contribution < 1.29 is 4.74 Å². The van der Waals surface area contributed by atoms with Gasteiger partial charge in [-0.15, -0.1) is 0 Å². The third-order valence-electron chi connectivity index (χ3n) is 4.34. The van der Waals surface area contributed by atoms with E-state index >= 15 is 0 Å². The second-order valence-electron chi connectivity index (χ2n) is 5.76. The Bertz CT molecular complexity index is 201. The van der Waals surface area contributed by atoms with Crippen LogP contribution in [-0.2, 0) is 4.74 Å². The SMILES string of the molecule is CC1CC(N[C@H](C)C2CCCCC2)CCO1. The van der Waals surface area contributed by atoms with Gasteiger partial charge in [-0.2, -0.15) is 0 Å². The van der Waals surface area contributed by atoms with Gasteiger partial charge in [0.05, 0.1) is 6.10 Å². The minimum absolute atomic E-state index is 0.449. The van der Waals surface area contributed by atoms with Crippen LogP contribution in [-0.4, -0.2) is 24.8 Å². The Kier molecular flexibility index (Phi) is 4.66. The minimum Gasteiger partial charge on any atom is -0.378 e. The molecular formula is C14H27NO. The third kappa shape index (κ3) is 3.46. The van der Waals surface area contributed by atoms with Crippen molar-refractivity contribution in [2.75, 3.05) is 6.61 Å². The molecule has 2 heteroatoms. The van der Waals surface area contributed by atoms with Gasteiger partial charge in [-0.1, -0.05) is 19.3 Å². The molecule has 1 aliphatic carbocycles. The predicted molar refractivity (Wildman–Crippen MR) is 67.6 cm³/mol. The fraction of sp³-hybridized carbons (Fsp3) is 1.00. The summed E-state index contributed by atoms with van der Waals surface area (Å²) in [5.41, 5.74) is 0. The van der Waals surface area contributed by atoms with Gasteiger partial charge in [-0.25, -0.2) is 0 Å². The lowest BCUT2D eigenvalue weighted by atomic mass is 9.84. The van der Waals surface area contributed by atoms with E-state index in [-0.39, 0.29) is 0 Å². The van der Waals surface area contributed by atoms with Crippen molar-refractivity contribution in [3.8, 4) is 0 Å². The monoisotopic (exact) mass is 225 g/mol. The van der Waals surface area contributed by atoms with Crippen LogP contribution in [0.1, 0.15) is 58.8 Å². The lowest BCUT2D eigenvalue weighted by molar-refractivity contribution is 0.00970. The number of nitrogens with one attached hydrogen (secondary N) is 1. The van der Waals surface area contributed by atoms with Gasteiger partial charge >= 0.3 is 0 Å². The average molecular weight is 225 g/mol. The Hall–Kier alpha value is -0.0800. The summed E-state index contributed by atoms with van der Waals surface area (Å²) in [7, 11) is 0. The standard InChI is InChI=1S/C14H27NO/c1-11-10-14(8-9-16-11)15-12(2)13-6-4-3-5-7-13/h11-15H,3-10H2,1-2H3/t11?,12-,14?/m1/s1. The van der Waals surface area contributed by atoms with E-state index in [1.807, 2.05) is 0 Å². The molecule has 3 atom stereocenters. The molecule has 1 saturated heterocycles. The van der Waals surface area contributed by atoms with E-state index < -0.39 is 0 Å². The third-order valence-corrected chi connectivity index (χ3v) is 4.34. The number of ether oxygens (including phenoxy) is 1. The summed E-state index contributed by atoms with van der Waals surface area (Å²) < 4.78 is 5.60. The molecule has 1 heterocycles.